The van der Waals surface area contributed by atoms with Crippen LogP contribution in [0.4, 0.5) is 5.69 Å². The van der Waals surface area contributed by atoms with Gasteiger partial charge in [0.1, 0.15) is 22.9 Å². The van der Waals surface area contributed by atoms with E-state index in [2.05, 4.69) is 10.3 Å². The Morgan fingerprint density at radius 2 is 1.83 bits per heavy atom. The van der Waals surface area contributed by atoms with Gasteiger partial charge in [0, 0.05) is 44.2 Å². The molecular formula is C32H31N5O7S2. The first-order valence-corrected chi connectivity index (χ1v) is 17.8. The number of nitrogens with one attached hydrogen (secondary N) is 1. The van der Waals surface area contributed by atoms with Crippen LogP contribution in [0.15, 0.2) is 68.7 Å². The fourth-order valence-electron chi connectivity index (χ4n) is 5.84. The second-order valence-corrected chi connectivity index (χ2v) is 15.2. The first-order valence-electron chi connectivity index (χ1n) is 14.5. The number of para-hydroxylation sites is 1. The van der Waals surface area contributed by atoms with Crippen LogP contribution in [0.25, 0.3) is 33.4 Å². The summed E-state index contributed by atoms with van der Waals surface area (Å²) in [6, 6.07) is 17.5. The molecule has 1 fully saturated rings. The number of furan rings is 1. The lowest BCUT2D eigenvalue weighted by Crippen LogP contribution is -2.39. The molecular weight excluding hydrogens is 631 g/mol. The summed E-state index contributed by atoms with van der Waals surface area (Å²) >= 11 is 0. The van der Waals surface area contributed by atoms with Gasteiger partial charge in [-0.25, -0.2) is 16.8 Å². The number of hydrogen-bond acceptors (Lipinski definition) is 9. The van der Waals surface area contributed by atoms with Gasteiger partial charge in [-0.3, -0.25) is 9.10 Å². The number of carbonyl (C=O) groups excluding carboxylic acids is 1. The number of benzene rings is 3. The van der Waals surface area contributed by atoms with E-state index in [-0.39, 0.29) is 41.2 Å². The minimum absolute atomic E-state index is 0.000251. The third kappa shape index (κ3) is 5.40. The summed E-state index contributed by atoms with van der Waals surface area (Å²) in [6.07, 6.45) is 2.10. The van der Waals surface area contributed by atoms with Crippen LogP contribution in [-0.4, -0.2) is 65.5 Å². The van der Waals surface area contributed by atoms with E-state index in [4.69, 9.17) is 8.83 Å². The molecule has 1 aliphatic heterocycles. The third-order valence-corrected chi connectivity index (χ3v) is 11.2. The molecule has 0 spiro atoms. The van der Waals surface area contributed by atoms with E-state index < -0.39 is 31.2 Å². The molecule has 1 aliphatic rings. The molecule has 3 heterocycles. The Hall–Kier alpha value is -4.71. The Morgan fingerprint density at radius 1 is 1.09 bits per heavy atom. The average molecular weight is 662 g/mol. The highest BCUT2D eigenvalue weighted by molar-refractivity contribution is 7.92. The SMILES string of the molecule is CNC(=O)c1c(-c2ccc(C)cc2)oc2cc(N(C)S(C)(=O)=O)c([C@H]3CCCN(S(=O)(=O)c4nc5c(C#N)cccc5o4)C3)cc12. The van der Waals surface area contributed by atoms with Crippen LogP contribution in [0, 0.1) is 18.3 Å². The molecule has 1 atom stereocenters. The van der Waals surface area contributed by atoms with Crippen LogP contribution in [0.3, 0.4) is 0 Å². The molecule has 1 saturated heterocycles. The number of fused-ring (bicyclic) bond motifs is 2. The number of nitrogens with zero attached hydrogens (tertiary/aromatic N) is 4. The fourth-order valence-corrected chi connectivity index (χ4v) is 7.72. The van der Waals surface area contributed by atoms with E-state index in [9.17, 15) is 26.9 Å². The molecule has 3 aromatic carbocycles. The maximum Gasteiger partial charge on any atom is 0.332 e. The summed E-state index contributed by atoms with van der Waals surface area (Å²) in [5.41, 5.74) is 3.69. The Morgan fingerprint density at radius 3 is 2.50 bits per heavy atom. The van der Waals surface area contributed by atoms with Gasteiger partial charge in [-0.2, -0.15) is 14.6 Å². The van der Waals surface area contributed by atoms with Crippen LogP contribution < -0.4 is 9.62 Å². The highest BCUT2D eigenvalue weighted by atomic mass is 32.2. The summed E-state index contributed by atoms with van der Waals surface area (Å²) in [5.74, 6) is -0.508. The fraction of sp³-hybridized carbons (Fsp3) is 0.281. The van der Waals surface area contributed by atoms with Gasteiger partial charge in [-0.05, 0) is 49.4 Å². The van der Waals surface area contributed by atoms with Gasteiger partial charge in [0.05, 0.1) is 23.1 Å². The largest absolute Gasteiger partial charge is 0.455 e. The lowest BCUT2D eigenvalue weighted by molar-refractivity contribution is 0.0964. The molecule has 0 bridgehead atoms. The van der Waals surface area contributed by atoms with Crippen molar-refractivity contribution in [1.82, 2.24) is 14.6 Å². The zero-order chi connectivity index (χ0) is 33.0. The van der Waals surface area contributed by atoms with Crippen LogP contribution in [-0.2, 0) is 20.0 Å². The van der Waals surface area contributed by atoms with Gasteiger partial charge in [-0.15, -0.1) is 0 Å². The second kappa shape index (κ2) is 11.6. The van der Waals surface area contributed by atoms with E-state index in [1.54, 1.807) is 24.3 Å². The number of nitriles is 1. The molecule has 5 aromatic rings. The third-order valence-electron chi connectivity index (χ3n) is 8.35. The summed E-state index contributed by atoms with van der Waals surface area (Å²) in [5, 5.41) is 12.1. The maximum atomic E-state index is 13.8. The molecule has 0 radical (unpaired) electrons. The van der Waals surface area contributed by atoms with Crippen LogP contribution in [0.2, 0.25) is 0 Å². The molecule has 1 N–H and O–H groups in total. The first-order chi connectivity index (χ1) is 21.8. The number of carbonyl (C=O) groups is 1. The predicted molar refractivity (Wildman–Crippen MR) is 172 cm³/mol. The molecule has 12 nitrogen and oxygen atoms in total. The molecule has 14 heteroatoms. The number of rotatable bonds is 7. The van der Waals surface area contributed by atoms with Crippen molar-refractivity contribution in [2.24, 2.45) is 0 Å². The second-order valence-electron chi connectivity index (χ2n) is 11.3. The standard InChI is InChI=1S/C32H31N5O7S2/c1-19-10-12-20(13-11-19)30-28(31(38)34-2)24-15-23(25(16-27(24)43-30)36(3)45(4,39)40)22-8-6-14-37(18-22)46(41,42)32-35-29-21(17-33)7-5-9-26(29)44-32/h5,7,9-13,15-16,22H,6,8,14,18H2,1-4H3,(H,34,38)/t22-/m0/s1. The average Bonchev–Trinajstić information content (AvgIpc) is 3.66. The summed E-state index contributed by atoms with van der Waals surface area (Å²) < 4.78 is 67.5. The number of aryl methyl sites for hydroxylation is 1. The van der Waals surface area contributed by atoms with Gasteiger partial charge >= 0.3 is 5.22 Å². The first kappa shape index (κ1) is 31.3. The minimum atomic E-state index is -4.22. The quantitative estimate of drug-likeness (QED) is 0.259. The molecule has 238 valence electrons. The molecule has 1 amide bonds. The van der Waals surface area contributed by atoms with Crippen molar-refractivity contribution in [2.75, 3.05) is 37.7 Å². The summed E-state index contributed by atoms with van der Waals surface area (Å²) in [4.78, 5) is 17.4. The normalized spacial score (nSPS) is 16.0. The van der Waals surface area contributed by atoms with Crippen LogP contribution in [0.1, 0.15) is 45.8 Å². The van der Waals surface area contributed by atoms with Gasteiger partial charge in [0.25, 0.3) is 15.9 Å². The molecule has 0 unspecified atom stereocenters. The lowest BCUT2D eigenvalue weighted by atomic mass is 9.89. The Labute approximate surface area is 266 Å². The van der Waals surface area contributed by atoms with Gasteiger partial charge in [-0.1, -0.05) is 35.9 Å². The smallest absolute Gasteiger partial charge is 0.332 e. The van der Waals surface area contributed by atoms with E-state index in [1.807, 2.05) is 37.3 Å². The Balaban J connectivity index is 1.48. The zero-order valence-corrected chi connectivity index (χ0v) is 27.2. The monoisotopic (exact) mass is 661 g/mol. The van der Waals surface area contributed by atoms with Gasteiger partial charge in [0.2, 0.25) is 10.0 Å². The van der Waals surface area contributed by atoms with Crippen molar-refractivity contribution < 1.29 is 30.5 Å². The highest BCUT2D eigenvalue weighted by Crippen LogP contribution is 2.42. The van der Waals surface area contributed by atoms with E-state index >= 15 is 0 Å². The maximum absolute atomic E-state index is 13.8. The lowest BCUT2D eigenvalue weighted by Gasteiger charge is -2.33. The molecule has 6 rings (SSSR count). The van der Waals surface area contributed by atoms with E-state index in [1.165, 1.54) is 24.5 Å². The number of amides is 1. The van der Waals surface area contributed by atoms with Crippen molar-refractivity contribution in [3.05, 3.63) is 76.9 Å². The number of oxazole rings is 1. The van der Waals surface area contributed by atoms with Crippen molar-refractivity contribution in [3.8, 4) is 17.4 Å². The van der Waals surface area contributed by atoms with E-state index in [0.717, 1.165) is 16.1 Å². The Bertz CT molecular complexity index is 2270. The number of piperidine rings is 1. The molecule has 0 aliphatic carbocycles. The highest BCUT2D eigenvalue weighted by Gasteiger charge is 2.37. The topological polar surface area (TPSA) is 167 Å². The number of aromatic nitrogens is 1. The van der Waals surface area contributed by atoms with Crippen molar-refractivity contribution in [1.29, 1.82) is 5.26 Å². The molecule has 2 aromatic heterocycles. The Kier molecular flexibility index (Phi) is 7.87. The van der Waals surface area contributed by atoms with Crippen LogP contribution >= 0.6 is 0 Å². The summed E-state index contributed by atoms with van der Waals surface area (Å²) in [7, 11) is -5.03. The molecule has 46 heavy (non-hydrogen) atoms. The minimum Gasteiger partial charge on any atom is -0.455 e. The summed E-state index contributed by atoms with van der Waals surface area (Å²) in [6.45, 7) is 2.14. The van der Waals surface area contributed by atoms with Crippen molar-refractivity contribution >= 4 is 53.7 Å². The van der Waals surface area contributed by atoms with Crippen molar-refractivity contribution in [3.63, 3.8) is 0 Å². The van der Waals surface area contributed by atoms with Gasteiger partial charge in [0.15, 0.2) is 5.58 Å². The van der Waals surface area contributed by atoms with E-state index in [0.29, 0.717) is 46.4 Å². The number of anilines is 1. The van der Waals surface area contributed by atoms with Crippen molar-refractivity contribution in [2.45, 2.75) is 30.9 Å². The number of sulfonamides is 2. The van der Waals surface area contributed by atoms with Crippen LogP contribution in [0.5, 0.6) is 0 Å². The van der Waals surface area contributed by atoms with Gasteiger partial charge < -0.3 is 14.2 Å². The zero-order valence-electron chi connectivity index (χ0n) is 25.6. The predicted octanol–water partition coefficient (Wildman–Crippen LogP) is 4.74. The number of hydrogen-bond donors (Lipinski definition) is 1. The molecule has 0 saturated carbocycles.